The molecule has 0 aliphatic carbocycles. The monoisotopic (exact) mass is 379 g/mol. The summed E-state index contributed by atoms with van der Waals surface area (Å²) >= 11 is 3.21. The van der Waals surface area contributed by atoms with Crippen LogP contribution >= 0.6 is 15.9 Å². The van der Waals surface area contributed by atoms with Crippen LogP contribution in [0.2, 0.25) is 0 Å². The Morgan fingerprint density at radius 3 is 2.52 bits per heavy atom. The molecular formula is C13H18BrNO5S. The van der Waals surface area contributed by atoms with Crippen molar-refractivity contribution < 1.29 is 22.7 Å². The summed E-state index contributed by atoms with van der Waals surface area (Å²) in [5, 5.41) is 5.13. The molecule has 0 aliphatic rings. The molecule has 1 aromatic carbocycles. The molecule has 1 rings (SSSR count). The van der Waals surface area contributed by atoms with Gasteiger partial charge in [-0.2, -0.15) is 0 Å². The van der Waals surface area contributed by atoms with E-state index in [0.29, 0.717) is 23.2 Å². The Balaban J connectivity index is 2.84. The number of hydrogen-bond acceptors (Lipinski definition) is 5. The zero-order chi connectivity index (χ0) is 16.0. The van der Waals surface area contributed by atoms with E-state index in [-0.39, 0.29) is 17.1 Å². The Bertz CT molecular complexity index is 615. The van der Waals surface area contributed by atoms with Crippen molar-refractivity contribution in [2.24, 2.45) is 5.14 Å². The van der Waals surface area contributed by atoms with E-state index in [1.54, 1.807) is 6.92 Å². The van der Waals surface area contributed by atoms with Gasteiger partial charge in [-0.25, -0.2) is 18.4 Å². The van der Waals surface area contributed by atoms with Gasteiger partial charge in [-0.1, -0.05) is 22.9 Å². The van der Waals surface area contributed by atoms with E-state index in [1.807, 2.05) is 6.92 Å². The van der Waals surface area contributed by atoms with Crippen LogP contribution in [0, 0.1) is 6.92 Å². The minimum Gasteiger partial charge on any atom is -0.460 e. The molecular weight excluding hydrogens is 362 g/mol. The highest BCUT2D eigenvalue weighted by Gasteiger charge is 2.18. The van der Waals surface area contributed by atoms with Crippen molar-refractivity contribution in [3.63, 3.8) is 0 Å². The fourth-order valence-electron chi connectivity index (χ4n) is 1.59. The van der Waals surface area contributed by atoms with Gasteiger partial charge in [-0.05, 0) is 31.0 Å². The van der Waals surface area contributed by atoms with Gasteiger partial charge in [0.1, 0.15) is 6.61 Å². The number of halogens is 1. The highest BCUT2D eigenvalue weighted by atomic mass is 79.9. The Hall–Kier alpha value is -0.960. The molecule has 118 valence electrons. The molecule has 0 aromatic heterocycles. The molecule has 8 heteroatoms. The largest absolute Gasteiger partial charge is 0.460 e. The number of carbonyl (C=O) groups excluding carboxylic acids is 1. The van der Waals surface area contributed by atoms with E-state index < -0.39 is 16.0 Å². The Kier molecular flexibility index (Phi) is 6.79. The Morgan fingerprint density at radius 2 is 1.95 bits per heavy atom. The predicted octanol–water partition coefficient (Wildman–Crippen LogP) is 1.99. The summed E-state index contributed by atoms with van der Waals surface area (Å²) in [6.45, 7) is 4.58. The zero-order valence-corrected chi connectivity index (χ0v) is 14.3. The molecule has 0 atom stereocenters. The topological polar surface area (TPSA) is 95.7 Å². The van der Waals surface area contributed by atoms with Crippen molar-refractivity contribution in [2.75, 3.05) is 19.8 Å². The summed E-state index contributed by atoms with van der Waals surface area (Å²) in [5.74, 6) is -0.624. The number of carbonyl (C=O) groups is 1. The van der Waals surface area contributed by atoms with Crippen molar-refractivity contribution in [1.29, 1.82) is 0 Å². The maximum absolute atomic E-state index is 11.9. The second-order valence-electron chi connectivity index (χ2n) is 4.37. The molecule has 0 unspecified atom stereocenters. The van der Waals surface area contributed by atoms with E-state index in [2.05, 4.69) is 15.9 Å². The quantitative estimate of drug-likeness (QED) is 0.577. The van der Waals surface area contributed by atoms with Crippen LogP contribution in [-0.4, -0.2) is 34.2 Å². The fourth-order valence-corrected chi connectivity index (χ4v) is 3.01. The lowest BCUT2D eigenvalue weighted by Gasteiger charge is -2.10. The van der Waals surface area contributed by atoms with Crippen LogP contribution in [-0.2, 0) is 19.5 Å². The van der Waals surface area contributed by atoms with Gasteiger partial charge in [0.25, 0.3) is 0 Å². The van der Waals surface area contributed by atoms with E-state index in [1.165, 1.54) is 12.1 Å². The lowest BCUT2D eigenvalue weighted by Crippen LogP contribution is -2.16. The summed E-state index contributed by atoms with van der Waals surface area (Å²) in [5.41, 5.74) is 0.562. The molecule has 0 saturated heterocycles. The molecule has 0 saturated carbocycles. The molecule has 0 amide bonds. The first-order valence-electron chi connectivity index (χ1n) is 6.35. The van der Waals surface area contributed by atoms with Crippen molar-refractivity contribution in [1.82, 2.24) is 0 Å². The van der Waals surface area contributed by atoms with Crippen molar-refractivity contribution >= 4 is 31.9 Å². The number of esters is 1. The average Bonchev–Trinajstić information content (AvgIpc) is 2.39. The van der Waals surface area contributed by atoms with Crippen LogP contribution in [0.5, 0.6) is 0 Å². The van der Waals surface area contributed by atoms with Crippen LogP contribution in [0.4, 0.5) is 0 Å². The molecule has 0 heterocycles. The molecule has 0 radical (unpaired) electrons. The normalized spacial score (nSPS) is 11.4. The Morgan fingerprint density at radius 1 is 1.29 bits per heavy atom. The lowest BCUT2D eigenvalue weighted by molar-refractivity contribution is 0.0318. The van der Waals surface area contributed by atoms with Gasteiger partial charge >= 0.3 is 5.97 Å². The second-order valence-corrected chi connectivity index (χ2v) is 6.76. The van der Waals surface area contributed by atoms with Gasteiger partial charge in [0.05, 0.1) is 17.1 Å². The van der Waals surface area contributed by atoms with Crippen molar-refractivity contribution in [3.05, 3.63) is 27.7 Å². The first-order chi connectivity index (χ1) is 9.77. The Labute approximate surface area is 132 Å². The third-order valence-corrected chi connectivity index (χ3v) is 4.51. The standard InChI is InChI=1S/C13H18BrNO5S/c1-3-4-19-5-6-20-13(16)10-7-11(14)9(2)12(8-10)21(15,17)18/h7-8H,3-6H2,1-2H3,(H2,15,17,18). The van der Waals surface area contributed by atoms with Crippen LogP contribution in [0.25, 0.3) is 0 Å². The average molecular weight is 380 g/mol. The van der Waals surface area contributed by atoms with Gasteiger partial charge in [0.15, 0.2) is 0 Å². The van der Waals surface area contributed by atoms with Gasteiger partial charge in [0.2, 0.25) is 10.0 Å². The number of ether oxygens (including phenoxy) is 2. The summed E-state index contributed by atoms with van der Waals surface area (Å²) < 4.78 is 33.7. The summed E-state index contributed by atoms with van der Waals surface area (Å²) in [7, 11) is -3.91. The molecule has 0 spiro atoms. The minimum atomic E-state index is -3.91. The number of rotatable bonds is 7. The molecule has 6 nitrogen and oxygen atoms in total. The first kappa shape index (κ1) is 18.1. The third kappa shape index (κ3) is 5.39. The maximum Gasteiger partial charge on any atom is 0.338 e. The van der Waals surface area contributed by atoms with E-state index in [9.17, 15) is 13.2 Å². The predicted molar refractivity (Wildman–Crippen MR) is 81.6 cm³/mol. The number of hydrogen-bond donors (Lipinski definition) is 1. The number of nitrogens with two attached hydrogens (primary N) is 1. The van der Waals surface area contributed by atoms with E-state index in [4.69, 9.17) is 14.6 Å². The number of primary sulfonamides is 1. The summed E-state index contributed by atoms with van der Waals surface area (Å²) in [6.07, 6.45) is 0.885. The molecule has 0 bridgehead atoms. The van der Waals surface area contributed by atoms with Crippen molar-refractivity contribution in [2.45, 2.75) is 25.2 Å². The first-order valence-corrected chi connectivity index (χ1v) is 8.69. The van der Waals surface area contributed by atoms with E-state index in [0.717, 1.165) is 6.42 Å². The van der Waals surface area contributed by atoms with Crippen LogP contribution in [0.1, 0.15) is 29.3 Å². The summed E-state index contributed by atoms with van der Waals surface area (Å²) in [6, 6.07) is 2.71. The van der Waals surface area contributed by atoms with Gasteiger partial charge < -0.3 is 9.47 Å². The third-order valence-electron chi connectivity index (χ3n) is 2.65. The van der Waals surface area contributed by atoms with Crippen LogP contribution in [0.15, 0.2) is 21.5 Å². The van der Waals surface area contributed by atoms with Crippen LogP contribution < -0.4 is 5.14 Å². The molecule has 2 N–H and O–H groups in total. The van der Waals surface area contributed by atoms with E-state index >= 15 is 0 Å². The van der Waals surface area contributed by atoms with Crippen molar-refractivity contribution in [3.8, 4) is 0 Å². The number of sulfonamides is 1. The number of benzene rings is 1. The molecule has 21 heavy (non-hydrogen) atoms. The van der Waals surface area contributed by atoms with Gasteiger partial charge in [0, 0.05) is 11.1 Å². The van der Waals surface area contributed by atoms with Crippen LogP contribution in [0.3, 0.4) is 0 Å². The second kappa shape index (κ2) is 7.88. The highest BCUT2D eigenvalue weighted by Crippen LogP contribution is 2.25. The minimum absolute atomic E-state index is 0.106. The lowest BCUT2D eigenvalue weighted by atomic mass is 10.1. The summed E-state index contributed by atoms with van der Waals surface area (Å²) in [4.78, 5) is 11.8. The molecule has 1 aromatic rings. The highest BCUT2D eigenvalue weighted by molar-refractivity contribution is 9.10. The molecule has 0 fully saturated rings. The van der Waals surface area contributed by atoms with Gasteiger partial charge in [-0.15, -0.1) is 0 Å². The SMILES string of the molecule is CCCOCCOC(=O)c1cc(Br)c(C)c(S(N)(=O)=O)c1. The maximum atomic E-state index is 11.9. The zero-order valence-electron chi connectivity index (χ0n) is 11.9. The molecule has 0 aliphatic heterocycles. The smallest absolute Gasteiger partial charge is 0.338 e. The van der Waals surface area contributed by atoms with Gasteiger partial charge in [-0.3, -0.25) is 0 Å². The fraction of sp³-hybridized carbons (Fsp3) is 0.462.